The number of benzene rings is 1. The van der Waals surface area contributed by atoms with E-state index >= 15 is 0 Å². The van der Waals surface area contributed by atoms with Crippen molar-refractivity contribution in [2.45, 2.75) is 154 Å². The summed E-state index contributed by atoms with van der Waals surface area (Å²) < 4.78 is 0. The van der Waals surface area contributed by atoms with Gasteiger partial charge in [0.15, 0.2) is 0 Å². The minimum atomic E-state index is -0.0403. The van der Waals surface area contributed by atoms with E-state index in [-0.39, 0.29) is 11.0 Å². The number of nitrogens with two attached hydrogens (primary N) is 1. The van der Waals surface area contributed by atoms with Crippen LogP contribution < -0.4 is 5.73 Å². The first-order valence-electron chi connectivity index (χ1n) is 14.0. The predicted octanol–water partition coefficient (Wildman–Crippen LogP) is 9.11. The molecule has 0 spiro atoms. The molecule has 0 heterocycles. The monoisotopic (exact) mass is 447 g/mol. The lowest BCUT2D eigenvalue weighted by molar-refractivity contribution is 0.275. The molecule has 1 rings (SSSR count). The van der Waals surface area contributed by atoms with Crippen molar-refractivity contribution < 1.29 is 5.48 Å². The molecule has 0 amide bonds. The van der Waals surface area contributed by atoms with Crippen molar-refractivity contribution in [3.05, 3.63) is 35.9 Å². The van der Waals surface area contributed by atoms with Gasteiger partial charge in [-0.2, -0.15) is 0 Å². The fraction of sp³-hybridized carbons (Fsp3) is 0.800. The summed E-state index contributed by atoms with van der Waals surface area (Å²) in [5.74, 6) is 0.505. The molecular formula is C30H57NO. The fourth-order valence-corrected chi connectivity index (χ4v) is 5.42. The standard InChI is InChI=1S/C30H55N.H2O/c1-4-7-8-9-10-11-12-13-14-15-16-17-18-22-25-29(28-23-20-19-21-24-28)30(31,26-5-2)27-6-3;/h19-21,23-24,29H,4-18,22,25-27,31H2,1-3H3;1H2. The van der Waals surface area contributed by atoms with Crippen LogP contribution in [-0.4, -0.2) is 11.0 Å². The van der Waals surface area contributed by atoms with Gasteiger partial charge in [0.1, 0.15) is 0 Å². The van der Waals surface area contributed by atoms with Gasteiger partial charge < -0.3 is 11.2 Å². The minimum Gasteiger partial charge on any atom is -0.412 e. The molecule has 0 aliphatic rings. The molecule has 0 aliphatic heterocycles. The van der Waals surface area contributed by atoms with E-state index in [1.807, 2.05) is 0 Å². The Bertz CT molecular complexity index is 495. The van der Waals surface area contributed by atoms with E-state index in [0.717, 1.165) is 12.8 Å². The van der Waals surface area contributed by atoms with Crippen molar-refractivity contribution in [3.63, 3.8) is 0 Å². The summed E-state index contributed by atoms with van der Waals surface area (Å²) >= 11 is 0. The van der Waals surface area contributed by atoms with E-state index in [4.69, 9.17) is 5.73 Å². The van der Waals surface area contributed by atoms with Crippen LogP contribution in [0.5, 0.6) is 0 Å². The first-order chi connectivity index (χ1) is 15.2. The maximum atomic E-state index is 7.05. The lowest BCUT2D eigenvalue weighted by Crippen LogP contribution is -2.45. The Labute approximate surface area is 201 Å². The second kappa shape index (κ2) is 20.7. The van der Waals surface area contributed by atoms with Crippen molar-refractivity contribution >= 4 is 0 Å². The Hall–Kier alpha value is -0.860. The topological polar surface area (TPSA) is 57.5 Å². The van der Waals surface area contributed by atoms with Crippen LogP contribution in [-0.2, 0) is 0 Å². The van der Waals surface area contributed by atoms with Crippen molar-refractivity contribution in [2.75, 3.05) is 0 Å². The van der Waals surface area contributed by atoms with Gasteiger partial charge in [0.05, 0.1) is 0 Å². The lowest BCUT2D eigenvalue weighted by Gasteiger charge is -2.38. The number of hydrogen-bond donors (Lipinski definition) is 1. The molecule has 1 aromatic rings. The number of unbranched alkanes of at least 4 members (excludes halogenated alkanes) is 13. The van der Waals surface area contributed by atoms with Crippen LogP contribution in [0.1, 0.15) is 154 Å². The summed E-state index contributed by atoms with van der Waals surface area (Å²) in [4.78, 5) is 0. The van der Waals surface area contributed by atoms with Crippen LogP contribution in [0.2, 0.25) is 0 Å². The van der Waals surface area contributed by atoms with Gasteiger partial charge >= 0.3 is 0 Å². The highest BCUT2D eigenvalue weighted by Gasteiger charge is 2.33. The zero-order chi connectivity index (χ0) is 22.6. The molecule has 0 saturated carbocycles. The lowest BCUT2D eigenvalue weighted by atomic mass is 9.72. The Balaban J connectivity index is 0.00000961. The average Bonchev–Trinajstić information content (AvgIpc) is 2.77. The number of rotatable bonds is 21. The Morgan fingerprint density at radius 2 is 1.00 bits per heavy atom. The van der Waals surface area contributed by atoms with Gasteiger partial charge in [-0.15, -0.1) is 0 Å². The van der Waals surface area contributed by atoms with Gasteiger partial charge in [-0.25, -0.2) is 0 Å². The molecule has 32 heavy (non-hydrogen) atoms. The largest absolute Gasteiger partial charge is 0.412 e. The summed E-state index contributed by atoms with van der Waals surface area (Å²) in [5, 5.41) is 0. The maximum Gasteiger partial charge on any atom is 0.0223 e. The second-order valence-corrected chi connectivity index (χ2v) is 10.1. The summed E-state index contributed by atoms with van der Waals surface area (Å²) in [5.41, 5.74) is 8.47. The molecule has 0 aliphatic carbocycles. The summed E-state index contributed by atoms with van der Waals surface area (Å²) in [6.45, 7) is 6.86. The second-order valence-electron chi connectivity index (χ2n) is 10.1. The molecule has 0 radical (unpaired) electrons. The molecule has 1 unspecified atom stereocenters. The molecular weight excluding hydrogens is 390 g/mol. The number of hydrogen-bond acceptors (Lipinski definition) is 1. The van der Waals surface area contributed by atoms with Gasteiger partial charge in [0, 0.05) is 11.5 Å². The maximum absolute atomic E-state index is 7.05. The van der Waals surface area contributed by atoms with E-state index in [1.165, 1.54) is 115 Å². The van der Waals surface area contributed by atoms with Crippen LogP contribution in [0.15, 0.2) is 30.3 Å². The molecule has 1 atom stereocenters. The molecule has 2 heteroatoms. The Morgan fingerprint density at radius 1 is 0.594 bits per heavy atom. The van der Waals surface area contributed by atoms with E-state index in [9.17, 15) is 0 Å². The summed E-state index contributed by atoms with van der Waals surface area (Å²) in [6.07, 6.45) is 25.8. The molecule has 0 aromatic heterocycles. The van der Waals surface area contributed by atoms with Crippen LogP contribution in [0.3, 0.4) is 0 Å². The third-order valence-electron chi connectivity index (χ3n) is 7.17. The van der Waals surface area contributed by atoms with Gasteiger partial charge in [-0.05, 0) is 24.8 Å². The molecule has 4 N–H and O–H groups in total. The molecule has 188 valence electrons. The van der Waals surface area contributed by atoms with Gasteiger partial charge in [-0.1, -0.05) is 154 Å². The Kier molecular flexibility index (Phi) is 20.2. The van der Waals surface area contributed by atoms with Crippen molar-refractivity contribution in [1.29, 1.82) is 0 Å². The predicted molar refractivity (Wildman–Crippen MR) is 144 cm³/mol. The molecule has 0 bridgehead atoms. The van der Waals surface area contributed by atoms with Crippen LogP contribution in [0, 0.1) is 0 Å². The zero-order valence-corrected chi connectivity index (χ0v) is 22.0. The fourth-order valence-electron chi connectivity index (χ4n) is 5.42. The summed E-state index contributed by atoms with van der Waals surface area (Å²) in [7, 11) is 0. The highest BCUT2D eigenvalue weighted by molar-refractivity contribution is 5.24. The van der Waals surface area contributed by atoms with E-state index in [1.54, 1.807) is 0 Å². The smallest absolute Gasteiger partial charge is 0.0223 e. The third-order valence-corrected chi connectivity index (χ3v) is 7.17. The van der Waals surface area contributed by atoms with Crippen molar-refractivity contribution in [1.82, 2.24) is 0 Å². The van der Waals surface area contributed by atoms with Gasteiger partial charge in [-0.3, -0.25) is 0 Å². The Morgan fingerprint density at radius 3 is 1.41 bits per heavy atom. The minimum absolute atomic E-state index is 0. The van der Waals surface area contributed by atoms with Crippen molar-refractivity contribution in [2.24, 2.45) is 5.73 Å². The first kappa shape index (κ1) is 31.1. The zero-order valence-electron chi connectivity index (χ0n) is 22.0. The van der Waals surface area contributed by atoms with E-state index in [2.05, 4.69) is 51.1 Å². The van der Waals surface area contributed by atoms with Crippen molar-refractivity contribution in [3.8, 4) is 0 Å². The highest BCUT2D eigenvalue weighted by Crippen LogP contribution is 2.37. The van der Waals surface area contributed by atoms with Crippen LogP contribution in [0.25, 0.3) is 0 Å². The van der Waals surface area contributed by atoms with E-state index < -0.39 is 0 Å². The normalized spacial score (nSPS) is 12.5. The van der Waals surface area contributed by atoms with Gasteiger partial charge in [0.2, 0.25) is 0 Å². The summed E-state index contributed by atoms with van der Waals surface area (Å²) in [6, 6.07) is 11.1. The highest BCUT2D eigenvalue weighted by atomic mass is 16.0. The third kappa shape index (κ3) is 13.6. The molecule has 2 nitrogen and oxygen atoms in total. The van der Waals surface area contributed by atoms with Crippen LogP contribution >= 0.6 is 0 Å². The molecule has 0 saturated heterocycles. The molecule has 0 fully saturated rings. The quantitative estimate of drug-likeness (QED) is 0.188. The first-order valence-corrected chi connectivity index (χ1v) is 14.0. The van der Waals surface area contributed by atoms with Gasteiger partial charge in [0.25, 0.3) is 0 Å². The van der Waals surface area contributed by atoms with E-state index in [0.29, 0.717) is 5.92 Å². The average molecular weight is 448 g/mol. The SMILES string of the molecule is CCCCCCCCCCCCCCCCC(c1ccccc1)C(N)(CCC)CCC.O. The van der Waals surface area contributed by atoms with Crippen LogP contribution in [0.4, 0.5) is 0 Å². The molecule has 1 aromatic carbocycles.